The molecule has 4 rings (SSSR count). The van der Waals surface area contributed by atoms with Crippen molar-refractivity contribution >= 4 is 24.2 Å². The number of hydrogen-bond donors (Lipinski definition) is 2. The van der Waals surface area contributed by atoms with Gasteiger partial charge in [0.1, 0.15) is 5.67 Å². The van der Waals surface area contributed by atoms with Gasteiger partial charge in [-0.3, -0.25) is 15.1 Å². The van der Waals surface area contributed by atoms with Gasteiger partial charge in [0.05, 0.1) is 11.6 Å². The zero-order valence-electron chi connectivity index (χ0n) is 19.6. The highest BCUT2D eigenvalue weighted by atomic mass is 32.2. The molecule has 0 saturated carbocycles. The second-order valence-electron chi connectivity index (χ2n) is 9.53. The number of benzene rings is 1. The molecule has 2 heterocycles. The SMILES string of the molecule is C=Nc1cc2c(cc1SCNC(=C)C(C)N1CCCC(c3cc[n+](O)cc3)C1)CC(C)(F)C2. The first-order valence-corrected chi connectivity index (χ1v) is 12.6. The van der Waals surface area contributed by atoms with E-state index in [4.69, 9.17) is 0 Å². The van der Waals surface area contributed by atoms with Crippen LogP contribution >= 0.6 is 11.8 Å². The highest BCUT2D eigenvalue weighted by molar-refractivity contribution is 7.99. The lowest BCUT2D eigenvalue weighted by Crippen LogP contribution is -2.43. The number of nitrogens with zero attached hydrogens (tertiary/aromatic N) is 3. The normalized spacial score (nSPS) is 23.7. The van der Waals surface area contributed by atoms with Crippen molar-refractivity contribution in [3.8, 4) is 0 Å². The molecule has 2 aromatic rings. The molecule has 3 atom stereocenters. The molecule has 176 valence electrons. The lowest BCUT2D eigenvalue weighted by molar-refractivity contribution is -0.904. The minimum Gasteiger partial charge on any atom is -0.378 e. The molecule has 1 aromatic carbocycles. The fourth-order valence-corrected chi connectivity index (χ4v) is 5.90. The highest BCUT2D eigenvalue weighted by Gasteiger charge is 2.33. The number of piperidine rings is 1. The number of aromatic nitrogens is 1. The van der Waals surface area contributed by atoms with Crippen molar-refractivity contribution in [3.05, 3.63) is 65.6 Å². The molecule has 2 aliphatic rings. The third kappa shape index (κ3) is 5.58. The van der Waals surface area contributed by atoms with Crippen LogP contribution in [0.1, 0.15) is 49.3 Å². The molecule has 1 aliphatic heterocycles. The van der Waals surface area contributed by atoms with Gasteiger partial charge in [-0.25, -0.2) is 4.39 Å². The Bertz CT molecular complexity index is 1020. The average Bonchev–Trinajstić information content (AvgIpc) is 3.11. The Morgan fingerprint density at radius 1 is 1.36 bits per heavy atom. The molecule has 7 heteroatoms. The van der Waals surface area contributed by atoms with E-state index in [1.165, 1.54) is 5.56 Å². The molecule has 3 unspecified atom stereocenters. The summed E-state index contributed by atoms with van der Waals surface area (Å²) >= 11 is 1.66. The first-order chi connectivity index (χ1) is 15.8. The van der Waals surface area contributed by atoms with Crippen LogP contribution < -0.4 is 10.0 Å². The Labute approximate surface area is 200 Å². The van der Waals surface area contributed by atoms with Crippen molar-refractivity contribution in [2.45, 2.75) is 62.1 Å². The van der Waals surface area contributed by atoms with Crippen molar-refractivity contribution in [1.82, 2.24) is 10.2 Å². The molecule has 1 aliphatic carbocycles. The summed E-state index contributed by atoms with van der Waals surface area (Å²) in [7, 11) is 0. The molecule has 2 N–H and O–H groups in total. The summed E-state index contributed by atoms with van der Waals surface area (Å²) in [5, 5.41) is 13.0. The average molecular weight is 470 g/mol. The summed E-state index contributed by atoms with van der Waals surface area (Å²) in [6.45, 7) is 13.9. The molecule has 0 radical (unpaired) electrons. The molecule has 1 saturated heterocycles. The van der Waals surface area contributed by atoms with E-state index in [9.17, 15) is 9.60 Å². The van der Waals surface area contributed by atoms with Crippen LogP contribution in [0.2, 0.25) is 0 Å². The van der Waals surface area contributed by atoms with E-state index in [0.717, 1.165) is 58.1 Å². The van der Waals surface area contributed by atoms with Crippen LogP contribution in [-0.4, -0.2) is 47.5 Å². The first kappa shape index (κ1) is 23.8. The van der Waals surface area contributed by atoms with E-state index in [0.29, 0.717) is 24.6 Å². The number of rotatable bonds is 8. The van der Waals surface area contributed by atoms with Gasteiger partial charge < -0.3 is 5.32 Å². The summed E-state index contributed by atoms with van der Waals surface area (Å²) in [5.74, 6) is 1.13. The smallest absolute Gasteiger partial charge is 0.222 e. The minimum absolute atomic E-state index is 0.212. The standard InChI is InChI=1S/C26H34FN4OS/c1-18(19(2)30-9-5-6-21(16-30)20-7-10-31(32)11-8-20)29-17-33-25-13-23-15-26(3,27)14-22(23)12-24(25)28-4/h7-8,10-13,19,21,29,32H,1,4-6,9,14-17H2,2-3H3/q+1. The van der Waals surface area contributed by atoms with Crippen LogP contribution in [0.3, 0.4) is 0 Å². The van der Waals surface area contributed by atoms with Crippen molar-refractivity contribution in [1.29, 1.82) is 0 Å². The molecule has 1 fully saturated rings. The first-order valence-electron chi connectivity index (χ1n) is 11.6. The maximum absolute atomic E-state index is 14.5. The number of aliphatic imine (C=N–C) groups is 1. The van der Waals surface area contributed by atoms with Gasteiger partial charge in [0, 0.05) is 52.9 Å². The second kappa shape index (κ2) is 9.85. The molecule has 33 heavy (non-hydrogen) atoms. The van der Waals surface area contributed by atoms with Crippen molar-refractivity contribution in [2.75, 3.05) is 19.0 Å². The third-order valence-electron chi connectivity index (χ3n) is 6.91. The Hall–Kier alpha value is -2.38. The quantitative estimate of drug-likeness (QED) is 0.192. The Balaban J connectivity index is 1.33. The Kier molecular flexibility index (Phi) is 7.10. The van der Waals surface area contributed by atoms with Crippen LogP contribution in [0.5, 0.6) is 0 Å². The summed E-state index contributed by atoms with van der Waals surface area (Å²) in [4.78, 5) is 7.68. The molecule has 0 bridgehead atoms. The van der Waals surface area contributed by atoms with Gasteiger partial charge in [-0.05, 0) is 74.7 Å². The predicted molar refractivity (Wildman–Crippen MR) is 132 cm³/mol. The van der Waals surface area contributed by atoms with E-state index in [1.54, 1.807) is 31.1 Å². The van der Waals surface area contributed by atoms with E-state index < -0.39 is 5.67 Å². The predicted octanol–water partition coefficient (Wildman–Crippen LogP) is 4.79. The van der Waals surface area contributed by atoms with Crippen molar-refractivity contribution < 1.29 is 14.3 Å². The van der Waals surface area contributed by atoms with E-state index >= 15 is 0 Å². The van der Waals surface area contributed by atoms with Crippen molar-refractivity contribution in [2.24, 2.45) is 4.99 Å². The summed E-state index contributed by atoms with van der Waals surface area (Å²) in [6, 6.07) is 8.27. The molecule has 1 aromatic heterocycles. The number of alkyl halides is 1. The summed E-state index contributed by atoms with van der Waals surface area (Å²) in [6.07, 6.45) is 6.58. The van der Waals surface area contributed by atoms with Crippen LogP contribution in [0, 0.1) is 0 Å². The number of pyridine rings is 1. The maximum atomic E-state index is 14.5. The molecule has 0 spiro atoms. The maximum Gasteiger partial charge on any atom is 0.222 e. The number of fused-ring (bicyclic) bond motifs is 1. The largest absolute Gasteiger partial charge is 0.378 e. The minimum atomic E-state index is -1.17. The Morgan fingerprint density at radius 2 is 2.06 bits per heavy atom. The van der Waals surface area contributed by atoms with Gasteiger partial charge in [0.25, 0.3) is 0 Å². The van der Waals surface area contributed by atoms with Crippen LogP contribution in [-0.2, 0) is 12.8 Å². The number of likely N-dealkylation sites (tertiary alicyclic amines) is 1. The fraction of sp³-hybridized carbons (Fsp3) is 0.462. The third-order valence-corrected chi connectivity index (χ3v) is 7.84. The van der Waals surface area contributed by atoms with Crippen LogP contribution in [0.4, 0.5) is 10.1 Å². The second-order valence-corrected chi connectivity index (χ2v) is 10.5. The topological polar surface area (TPSA) is 51.7 Å². The van der Waals surface area contributed by atoms with Crippen LogP contribution in [0.15, 0.2) is 58.8 Å². The number of thioether (sulfide) groups is 1. The van der Waals surface area contributed by atoms with Gasteiger partial charge in [-0.15, -0.1) is 11.8 Å². The van der Waals surface area contributed by atoms with E-state index in [1.807, 2.05) is 18.2 Å². The highest BCUT2D eigenvalue weighted by Crippen LogP contribution is 2.40. The van der Waals surface area contributed by atoms with Gasteiger partial charge in [0.15, 0.2) is 0 Å². The van der Waals surface area contributed by atoms with Gasteiger partial charge in [-0.2, -0.15) is 0 Å². The molecule has 0 amide bonds. The van der Waals surface area contributed by atoms with E-state index in [2.05, 4.69) is 41.5 Å². The Morgan fingerprint density at radius 3 is 2.76 bits per heavy atom. The number of halogens is 1. The van der Waals surface area contributed by atoms with Crippen molar-refractivity contribution in [3.63, 3.8) is 0 Å². The number of nitrogens with one attached hydrogen (secondary N) is 1. The monoisotopic (exact) mass is 469 g/mol. The summed E-state index contributed by atoms with van der Waals surface area (Å²) in [5.41, 5.74) is 4.03. The molecular weight excluding hydrogens is 435 g/mol. The lowest BCUT2D eigenvalue weighted by Gasteiger charge is -2.37. The number of hydrogen-bond acceptors (Lipinski definition) is 5. The fourth-order valence-electron chi connectivity index (χ4n) is 4.99. The van der Waals surface area contributed by atoms with Gasteiger partial charge in [0.2, 0.25) is 12.4 Å². The molecular formula is C26H34FN4OS+. The zero-order chi connectivity index (χ0) is 23.6. The van der Waals surface area contributed by atoms with Crippen LogP contribution in [0.25, 0.3) is 0 Å². The zero-order valence-corrected chi connectivity index (χ0v) is 20.4. The summed E-state index contributed by atoms with van der Waals surface area (Å²) < 4.78 is 15.5. The van der Waals surface area contributed by atoms with Gasteiger partial charge >= 0.3 is 0 Å². The van der Waals surface area contributed by atoms with Gasteiger partial charge in [-0.1, -0.05) is 6.58 Å². The van der Waals surface area contributed by atoms with E-state index in [-0.39, 0.29) is 6.04 Å². The molecule has 5 nitrogen and oxygen atoms in total. The lowest BCUT2D eigenvalue weighted by atomic mass is 9.90.